The molecule has 8 heteroatoms. The molecule has 29 heavy (non-hydrogen) atoms. The van der Waals surface area contributed by atoms with Gasteiger partial charge < -0.3 is 4.74 Å². The van der Waals surface area contributed by atoms with Crippen molar-refractivity contribution in [2.24, 2.45) is 0 Å². The monoisotopic (exact) mass is 437 g/mol. The Morgan fingerprint density at radius 1 is 1.00 bits per heavy atom. The minimum atomic E-state index is -3.83. The SMILES string of the molecule is CC[C@H](NS(=O)(=O)c1cc2c(cc1OC)CCCC2)c1ccc(S(C)(=O)=O)cc1. The van der Waals surface area contributed by atoms with E-state index in [1.807, 2.05) is 13.0 Å². The van der Waals surface area contributed by atoms with Crippen LogP contribution in [0.15, 0.2) is 46.2 Å². The van der Waals surface area contributed by atoms with E-state index >= 15 is 0 Å². The molecule has 158 valence electrons. The van der Waals surface area contributed by atoms with E-state index in [1.54, 1.807) is 18.2 Å². The average Bonchev–Trinajstić information content (AvgIpc) is 2.70. The Balaban J connectivity index is 1.93. The molecular formula is C21H27NO5S2. The van der Waals surface area contributed by atoms with E-state index in [1.165, 1.54) is 19.2 Å². The van der Waals surface area contributed by atoms with Crippen molar-refractivity contribution in [1.82, 2.24) is 4.72 Å². The van der Waals surface area contributed by atoms with Crippen LogP contribution in [0.5, 0.6) is 5.75 Å². The van der Waals surface area contributed by atoms with Gasteiger partial charge in [0.2, 0.25) is 10.0 Å². The minimum absolute atomic E-state index is 0.145. The zero-order valence-electron chi connectivity index (χ0n) is 16.9. The number of benzene rings is 2. The fourth-order valence-electron chi connectivity index (χ4n) is 3.70. The smallest absolute Gasteiger partial charge is 0.244 e. The molecule has 0 spiro atoms. The second-order valence-corrected chi connectivity index (χ2v) is 11.1. The van der Waals surface area contributed by atoms with Gasteiger partial charge in [-0.05, 0) is 73.1 Å². The summed E-state index contributed by atoms with van der Waals surface area (Å²) in [5.74, 6) is 0.348. The molecule has 2 aromatic rings. The fraction of sp³-hybridized carbons (Fsp3) is 0.429. The van der Waals surface area contributed by atoms with E-state index in [-0.39, 0.29) is 9.79 Å². The number of nitrogens with one attached hydrogen (secondary N) is 1. The van der Waals surface area contributed by atoms with Crippen LogP contribution in [-0.2, 0) is 32.7 Å². The molecule has 0 radical (unpaired) electrons. The second-order valence-electron chi connectivity index (χ2n) is 7.40. The summed E-state index contributed by atoms with van der Waals surface area (Å²) in [5, 5.41) is 0. The van der Waals surface area contributed by atoms with Crippen molar-refractivity contribution in [1.29, 1.82) is 0 Å². The van der Waals surface area contributed by atoms with Crippen LogP contribution in [0.1, 0.15) is 48.9 Å². The summed E-state index contributed by atoms with van der Waals surface area (Å²) in [7, 11) is -5.65. The Labute approximate surface area is 173 Å². The molecule has 1 atom stereocenters. The second kappa shape index (κ2) is 8.45. The van der Waals surface area contributed by atoms with Crippen LogP contribution in [0.25, 0.3) is 0 Å². The molecule has 2 aromatic carbocycles. The lowest BCUT2D eigenvalue weighted by Crippen LogP contribution is -2.29. The highest BCUT2D eigenvalue weighted by Gasteiger charge is 2.26. The van der Waals surface area contributed by atoms with Crippen LogP contribution in [0.4, 0.5) is 0 Å². The zero-order chi connectivity index (χ0) is 21.2. The minimum Gasteiger partial charge on any atom is -0.495 e. The first kappa shape index (κ1) is 21.8. The first-order valence-electron chi connectivity index (χ1n) is 9.68. The lowest BCUT2D eigenvalue weighted by molar-refractivity contribution is 0.400. The Bertz CT molecular complexity index is 1090. The molecule has 0 saturated heterocycles. The first-order valence-corrected chi connectivity index (χ1v) is 13.1. The van der Waals surface area contributed by atoms with Crippen molar-refractivity contribution < 1.29 is 21.6 Å². The zero-order valence-corrected chi connectivity index (χ0v) is 18.6. The molecule has 0 fully saturated rings. The van der Waals surface area contributed by atoms with Gasteiger partial charge in [0.25, 0.3) is 0 Å². The third kappa shape index (κ3) is 4.82. The predicted octanol–water partition coefficient (Wildman–Crippen LogP) is 3.41. The van der Waals surface area contributed by atoms with Crippen LogP contribution in [0.2, 0.25) is 0 Å². The normalized spacial score (nSPS) is 15.6. The molecule has 1 N–H and O–H groups in total. The molecule has 1 aliphatic carbocycles. The molecule has 0 amide bonds. The van der Waals surface area contributed by atoms with Gasteiger partial charge in [0.15, 0.2) is 9.84 Å². The molecule has 3 rings (SSSR count). The van der Waals surface area contributed by atoms with E-state index in [4.69, 9.17) is 4.74 Å². The maximum atomic E-state index is 13.2. The van der Waals surface area contributed by atoms with Crippen molar-refractivity contribution in [3.05, 3.63) is 53.1 Å². The molecule has 6 nitrogen and oxygen atoms in total. The van der Waals surface area contributed by atoms with E-state index in [9.17, 15) is 16.8 Å². The van der Waals surface area contributed by atoms with Gasteiger partial charge in [-0.25, -0.2) is 21.6 Å². The van der Waals surface area contributed by atoms with E-state index in [0.29, 0.717) is 17.7 Å². The summed E-state index contributed by atoms with van der Waals surface area (Å²) < 4.78 is 57.8. The largest absolute Gasteiger partial charge is 0.495 e. The summed E-state index contributed by atoms with van der Waals surface area (Å²) >= 11 is 0. The summed E-state index contributed by atoms with van der Waals surface area (Å²) in [6.45, 7) is 1.88. The van der Waals surface area contributed by atoms with Crippen molar-refractivity contribution in [3.63, 3.8) is 0 Å². The number of fused-ring (bicyclic) bond motifs is 1. The number of sulfonamides is 1. The van der Waals surface area contributed by atoms with Crippen LogP contribution in [0.3, 0.4) is 0 Å². The van der Waals surface area contributed by atoms with E-state index < -0.39 is 25.9 Å². The Morgan fingerprint density at radius 2 is 1.59 bits per heavy atom. The Morgan fingerprint density at radius 3 is 2.10 bits per heavy atom. The van der Waals surface area contributed by atoms with Crippen LogP contribution < -0.4 is 9.46 Å². The van der Waals surface area contributed by atoms with Gasteiger partial charge in [-0.3, -0.25) is 0 Å². The van der Waals surface area contributed by atoms with Crippen molar-refractivity contribution in [2.75, 3.05) is 13.4 Å². The number of rotatable bonds is 7. The average molecular weight is 438 g/mol. The first-order chi connectivity index (χ1) is 13.7. The molecule has 0 unspecified atom stereocenters. The topological polar surface area (TPSA) is 89.5 Å². The summed E-state index contributed by atoms with van der Waals surface area (Å²) in [6.07, 6.45) is 5.61. The maximum Gasteiger partial charge on any atom is 0.244 e. The maximum absolute atomic E-state index is 13.2. The summed E-state index contributed by atoms with van der Waals surface area (Å²) in [5.41, 5.74) is 2.92. The fourth-order valence-corrected chi connectivity index (χ4v) is 5.83. The number of aryl methyl sites for hydroxylation is 2. The number of hydrogen-bond acceptors (Lipinski definition) is 5. The van der Waals surface area contributed by atoms with E-state index in [0.717, 1.165) is 43.1 Å². The lowest BCUT2D eigenvalue weighted by Gasteiger charge is -2.22. The standard InChI is InChI=1S/C21H27NO5S2/c1-4-19(15-9-11-18(12-10-15)28(3,23)24)22-29(25,26)21-14-17-8-6-5-7-16(17)13-20(21)27-2/h9-14,19,22H,4-8H2,1-3H3/t19-/m0/s1. The van der Waals surface area contributed by atoms with Gasteiger partial charge >= 0.3 is 0 Å². The van der Waals surface area contributed by atoms with Crippen LogP contribution in [-0.4, -0.2) is 30.2 Å². The summed E-state index contributed by atoms with van der Waals surface area (Å²) in [6, 6.07) is 9.39. The predicted molar refractivity (Wildman–Crippen MR) is 113 cm³/mol. The van der Waals surface area contributed by atoms with Crippen molar-refractivity contribution in [2.45, 2.75) is 54.9 Å². The highest BCUT2D eigenvalue weighted by Crippen LogP contribution is 2.33. The van der Waals surface area contributed by atoms with E-state index in [2.05, 4.69) is 4.72 Å². The van der Waals surface area contributed by atoms with Gasteiger partial charge in [-0.1, -0.05) is 19.1 Å². The van der Waals surface area contributed by atoms with Gasteiger partial charge in [-0.2, -0.15) is 0 Å². The molecular weight excluding hydrogens is 410 g/mol. The summed E-state index contributed by atoms with van der Waals surface area (Å²) in [4.78, 5) is 0.349. The van der Waals surface area contributed by atoms with Gasteiger partial charge in [-0.15, -0.1) is 0 Å². The molecule has 0 saturated carbocycles. The molecule has 0 bridgehead atoms. The third-order valence-electron chi connectivity index (χ3n) is 5.33. The van der Waals surface area contributed by atoms with Gasteiger partial charge in [0.05, 0.1) is 12.0 Å². The number of ether oxygens (including phenoxy) is 1. The van der Waals surface area contributed by atoms with Gasteiger partial charge in [0.1, 0.15) is 10.6 Å². The number of hydrogen-bond donors (Lipinski definition) is 1. The molecule has 0 aliphatic heterocycles. The van der Waals surface area contributed by atoms with Crippen molar-refractivity contribution in [3.8, 4) is 5.75 Å². The third-order valence-corrected chi connectivity index (χ3v) is 7.96. The highest BCUT2D eigenvalue weighted by atomic mass is 32.2. The molecule has 1 aliphatic rings. The molecule has 0 heterocycles. The number of sulfone groups is 1. The van der Waals surface area contributed by atoms with Crippen LogP contribution in [0, 0.1) is 0 Å². The Kier molecular flexibility index (Phi) is 6.36. The molecule has 0 aromatic heterocycles. The number of methoxy groups -OCH3 is 1. The van der Waals surface area contributed by atoms with Crippen LogP contribution >= 0.6 is 0 Å². The quantitative estimate of drug-likeness (QED) is 0.717. The highest BCUT2D eigenvalue weighted by molar-refractivity contribution is 7.90. The van der Waals surface area contributed by atoms with Gasteiger partial charge in [0, 0.05) is 12.3 Å². The lowest BCUT2D eigenvalue weighted by atomic mass is 9.92. The Hall–Kier alpha value is -1.90. The van der Waals surface area contributed by atoms with Crippen molar-refractivity contribution >= 4 is 19.9 Å².